The lowest BCUT2D eigenvalue weighted by molar-refractivity contribution is 0.0733. The van der Waals surface area contributed by atoms with Crippen molar-refractivity contribution in [3.05, 3.63) is 71.3 Å². The van der Waals surface area contributed by atoms with Crippen LogP contribution in [0.1, 0.15) is 46.2 Å². The van der Waals surface area contributed by atoms with Gasteiger partial charge in [-0.3, -0.25) is 4.57 Å². The van der Waals surface area contributed by atoms with Gasteiger partial charge in [-0.1, -0.05) is 12.2 Å². The van der Waals surface area contributed by atoms with Crippen molar-refractivity contribution >= 4 is 5.97 Å². The topological polar surface area (TPSA) is 112 Å². The summed E-state index contributed by atoms with van der Waals surface area (Å²) in [5.74, 6) is -0.718. The molecule has 2 atom stereocenters. The number of carbonyl (C=O) groups is 1. The van der Waals surface area contributed by atoms with Crippen LogP contribution in [-0.4, -0.2) is 31.0 Å². The summed E-state index contributed by atoms with van der Waals surface area (Å²) in [6, 6.07) is 9.84. The molecule has 2 bridgehead atoms. The number of aromatic hydroxyl groups is 4. The van der Waals surface area contributed by atoms with E-state index in [1.165, 1.54) is 16.7 Å². The van der Waals surface area contributed by atoms with Gasteiger partial charge in [-0.2, -0.15) is 0 Å². The van der Waals surface area contributed by atoms with Crippen molar-refractivity contribution in [2.24, 2.45) is 0 Å². The van der Waals surface area contributed by atoms with Crippen molar-refractivity contribution in [1.29, 1.82) is 0 Å². The molecule has 7 nitrogen and oxygen atoms in total. The number of allylic oxidation sites excluding steroid dienone is 2. The van der Waals surface area contributed by atoms with Gasteiger partial charge in [0.15, 0.2) is 0 Å². The predicted octanol–water partition coefficient (Wildman–Crippen LogP) is 4.05. The second-order valence-corrected chi connectivity index (χ2v) is 7.61. The molecule has 2 aromatic carbocycles. The first-order chi connectivity index (χ1) is 14.4. The maximum atomic E-state index is 12.3. The van der Waals surface area contributed by atoms with Gasteiger partial charge in [0.25, 0.3) is 0 Å². The first kappa shape index (κ1) is 18.2. The van der Waals surface area contributed by atoms with Crippen molar-refractivity contribution in [3.8, 4) is 34.7 Å². The van der Waals surface area contributed by atoms with Crippen LogP contribution >= 0.6 is 0 Å². The third-order valence-corrected chi connectivity index (χ3v) is 5.75. The Kier molecular flexibility index (Phi) is 3.99. The smallest absolute Gasteiger partial charge is 0.343 e. The molecular weight excluding hydrogens is 386 g/mol. The molecule has 0 radical (unpaired) electrons. The molecular formula is C23H19NO6. The number of nitrogens with zero attached hydrogens (tertiary/aromatic N) is 1. The summed E-state index contributed by atoms with van der Waals surface area (Å²) in [6.45, 7) is 0. The van der Waals surface area contributed by atoms with Crippen molar-refractivity contribution in [3.63, 3.8) is 0 Å². The molecule has 3 aliphatic carbocycles. The molecule has 152 valence electrons. The molecule has 3 aromatic rings. The number of rotatable bonds is 3. The van der Waals surface area contributed by atoms with Gasteiger partial charge in [-0.15, -0.1) is 0 Å². The van der Waals surface area contributed by atoms with Crippen molar-refractivity contribution in [2.45, 2.75) is 24.7 Å². The number of fused-ring (bicyclic) bond motifs is 1. The summed E-state index contributed by atoms with van der Waals surface area (Å²) in [5, 5.41) is 40.6. The summed E-state index contributed by atoms with van der Waals surface area (Å²) in [4.78, 5) is 12.3. The first-order valence-electron chi connectivity index (χ1n) is 9.62. The first-order valence-corrected chi connectivity index (χ1v) is 9.62. The molecule has 4 N–H and O–H groups in total. The highest BCUT2D eigenvalue weighted by atomic mass is 16.5. The van der Waals surface area contributed by atoms with E-state index in [0.29, 0.717) is 5.69 Å². The Morgan fingerprint density at radius 3 is 1.87 bits per heavy atom. The van der Waals surface area contributed by atoms with E-state index >= 15 is 0 Å². The zero-order valence-corrected chi connectivity index (χ0v) is 15.8. The second kappa shape index (κ2) is 6.59. The number of phenols is 2. The maximum Gasteiger partial charge on any atom is 0.343 e. The number of hydrogen-bond acceptors (Lipinski definition) is 6. The van der Waals surface area contributed by atoms with E-state index in [1.807, 2.05) is 0 Å². The Hall–Kier alpha value is -3.87. The molecule has 0 aliphatic heterocycles. The Morgan fingerprint density at radius 1 is 0.833 bits per heavy atom. The van der Waals surface area contributed by atoms with Crippen LogP contribution in [0.2, 0.25) is 0 Å². The summed E-state index contributed by atoms with van der Waals surface area (Å²) >= 11 is 0. The zero-order chi connectivity index (χ0) is 21.0. The maximum absolute atomic E-state index is 12.3. The lowest BCUT2D eigenvalue weighted by Gasteiger charge is -2.30. The minimum Gasteiger partial charge on any atom is -0.508 e. The van der Waals surface area contributed by atoms with Crippen LogP contribution in [0.4, 0.5) is 0 Å². The van der Waals surface area contributed by atoms with Gasteiger partial charge in [-0.25, -0.2) is 4.79 Å². The van der Waals surface area contributed by atoms with Crippen LogP contribution in [0.25, 0.3) is 5.69 Å². The van der Waals surface area contributed by atoms with Gasteiger partial charge < -0.3 is 25.2 Å². The fourth-order valence-corrected chi connectivity index (χ4v) is 4.40. The molecule has 6 rings (SSSR count). The molecule has 0 spiro atoms. The number of esters is 1. The highest BCUT2D eigenvalue weighted by molar-refractivity contribution is 5.92. The second-order valence-electron chi connectivity index (χ2n) is 7.61. The molecule has 30 heavy (non-hydrogen) atoms. The highest BCUT2D eigenvalue weighted by Gasteiger charge is 2.37. The monoisotopic (exact) mass is 405 g/mol. The number of ether oxygens (including phenoxy) is 1. The van der Waals surface area contributed by atoms with Gasteiger partial charge in [0.05, 0.1) is 11.3 Å². The minimum absolute atomic E-state index is 0.00734. The predicted molar refractivity (Wildman–Crippen MR) is 108 cm³/mol. The molecule has 0 saturated carbocycles. The van der Waals surface area contributed by atoms with Crippen molar-refractivity contribution in [2.75, 3.05) is 0 Å². The van der Waals surface area contributed by atoms with Gasteiger partial charge in [-0.05, 0) is 49.2 Å². The fraction of sp³-hybridized carbons (Fsp3) is 0.174. The lowest BCUT2D eigenvalue weighted by atomic mass is 9.73. The largest absolute Gasteiger partial charge is 0.508 e. The molecule has 3 aliphatic rings. The van der Waals surface area contributed by atoms with E-state index in [0.717, 1.165) is 30.0 Å². The molecule has 2 unspecified atom stereocenters. The Morgan fingerprint density at radius 2 is 1.37 bits per heavy atom. The van der Waals surface area contributed by atoms with E-state index in [-0.39, 0.29) is 46.4 Å². The zero-order valence-electron chi connectivity index (χ0n) is 15.8. The van der Waals surface area contributed by atoms with E-state index in [9.17, 15) is 25.2 Å². The van der Waals surface area contributed by atoms with Crippen molar-refractivity contribution < 1.29 is 30.0 Å². The third-order valence-electron chi connectivity index (χ3n) is 5.75. The van der Waals surface area contributed by atoms with Crippen molar-refractivity contribution in [1.82, 2.24) is 4.57 Å². The lowest BCUT2D eigenvalue weighted by Crippen LogP contribution is -2.15. The van der Waals surface area contributed by atoms with Crippen LogP contribution in [0.5, 0.6) is 29.0 Å². The summed E-state index contributed by atoms with van der Waals surface area (Å²) in [6.07, 6.45) is 6.07. The van der Waals surface area contributed by atoms with E-state index in [2.05, 4.69) is 12.2 Å². The van der Waals surface area contributed by atoms with Crippen LogP contribution < -0.4 is 4.74 Å². The van der Waals surface area contributed by atoms with Crippen LogP contribution in [-0.2, 0) is 0 Å². The quantitative estimate of drug-likeness (QED) is 0.297. The molecule has 7 heteroatoms. The molecule has 1 heterocycles. The average molecular weight is 405 g/mol. The summed E-state index contributed by atoms with van der Waals surface area (Å²) < 4.78 is 6.69. The minimum atomic E-state index is -0.737. The normalized spacial score (nSPS) is 18.9. The molecule has 0 fully saturated rings. The van der Waals surface area contributed by atoms with Crippen LogP contribution in [0.3, 0.4) is 0 Å². The summed E-state index contributed by atoms with van der Waals surface area (Å²) in [7, 11) is 0. The average Bonchev–Trinajstić information content (AvgIpc) is 3.01. The van der Waals surface area contributed by atoms with Gasteiger partial charge in [0, 0.05) is 29.0 Å². The third kappa shape index (κ3) is 2.78. The number of hydrogen-bond donors (Lipinski definition) is 4. The standard InChI is InChI=1S/C23H19NO6/c25-16-9-14(10-17(26)11-16)23(29)30-18-7-5-15(6-8-18)24-21(27)19-12-1-2-13(4-3-12)20(19)22(24)28/h1-2,5-13,25-28H,3-4H2. The Labute approximate surface area is 171 Å². The van der Waals surface area contributed by atoms with Crippen LogP contribution in [0, 0.1) is 0 Å². The van der Waals surface area contributed by atoms with Gasteiger partial charge in [0.2, 0.25) is 11.8 Å². The van der Waals surface area contributed by atoms with E-state index in [4.69, 9.17) is 4.74 Å². The molecule has 0 saturated heterocycles. The highest BCUT2D eigenvalue weighted by Crippen LogP contribution is 2.54. The van der Waals surface area contributed by atoms with E-state index < -0.39 is 5.97 Å². The number of benzene rings is 2. The fourth-order valence-electron chi connectivity index (χ4n) is 4.40. The molecule has 1 aromatic heterocycles. The van der Waals surface area contributed by atoms with E-state index in [1.54, 1.807) is 24.3 Å². The number of carbonyl (C=O) groups excluding carboxylic acids is 1. The SMILES string of the molecule is O=C(Oc1ccc(-n2c(O)c3c(c2O)C2C=CC3CC2)cc1)c1cc(O)cc(O)c1. The van der Waals surface area contributed by atoms with Gasteiger partial charge in [0.1, 0.15) is 17.2 Å². The molecule has 0 amide bonds. The number of aromatic nitrogens is 1. The Bertz CT molecular complexity index is 1130. The Balaban J connectivity index is 1.43. The van der Waals surface area contributed by atoms with Gasteiger partial charge >= 0.3 is 5.97 Å². The van der Waals surface area contributed by atoms with Crippen LogP contribution in [0.15, 0.2) is 54.6 Å². The summed E-state index contributed by atoms with van der Waals surface area (Å²) in [5.41, 5.74) is 2.11. The number of phenolic OH excluding ortho intramolecular Hbond substituents is 2.